The Morgan fingerprint density at radius 2 is 1.85 bits per heavy atom. The maximum absolute atomic E-state index is 3.43. The number of hydrogen-bond acceptors (Lipinski definition) is 0. The van der Waals surface area contributed by atoms with Crippen molar-refractivity contribution in [3.8, 4) is 5.69 Å². The molecule has 13 heavy (non-hydrogen) atoms. The molecule has 0 bridgehead atoms. The highest BCUT2D eigenvalue weighted by molar-refractivity contribution is 9.08. The second kappa shape index (κ2) is 3.79. The molecule has 1 aromatic carbocycles. The van der Waals surface area contributed by atoms with Gasteiger partial charge < -0.3 is 4.57 Å². The molecule has 1 aromatic heterocycles. The fourth-order valence-corrected chi connectivity index (χ4v) is 1.61. The number of halogens is 1. The van der Waals surface area contributed by atoms with Gasteiger partial charge in [0, 0.05) is 23.4 Å². The number of aromatic nitrogens is 1. The Balaban J connectivity index is 2.36. The summed E-state index contributed by atoms with van der Waals surface area (Å²) in [5.41, 5.74) is 2.50. The van der Waals surface area contributed by atoms with Crippen molar-refractivity contribution in [1.29, 1.82) is 0 Å². The highest BCUT2D eigenvalue weighted by atomic mass is 79.9. The van der Waals surface area contributed by atoms with Crippen molar-refractivity contribution in [2.45, 2.75) is 5.33 Å². The lowest BCUT2D eigenvalue weighted by Gasteiger charge is -2.00. The van der Waals surface area contributed by atoms with Gasteiger partial charge in [0.2, 0.25) is 0 Å². The lowest BCUT2D eigenvalue weighted by Crippen LogP contribution is -1.87. The highest BCUT2D eigenvalue weighted by Gasteiger charge is 1.95. The summed E-state index contributed by atoms with van der Waals surface area (Å²) in [5.74, 6) is 0. The van der Waals surface area contributed by atoms with Crippen molar-refractivity contribution >= 4 is 15.9 Å². The molecule has 1 heterocycles. The number of hydrogen-bond donors (Lipinski definition) is 0. The molecule has 0 fully saturated rings. The van der Waals surface area contributed by atoms with Gasteiger partial charge in [-0.15, -0.1) is 0 Å². The molecule has 0 spiro atoms. The molecule has 2 aromatic rings. The average molecular weight is 236 g/mol. The quantitative estimate of drug-likeness (QED) is 0.704. The molecule has 66 valence electrons. The molecule has 0 unspecified atom stereocenters. The molecule has 0 aliphatic carbocycles. The van der Waals surface area contributed by atoms with Crippen LogP contribution in [0.3, 0.4) is 0 Å². The van der Waals surface area contributed by atoms with E-state index in [1.807, 2.05) is 18.2 Å². The third-order valence-corrected chi connectivity index (χ3v) is 2.61. The van der Waals surface area contributed by atoms with Crippen LogP contribution in [0.1, 0.15) is 5.56 Å². The van der Waals surface area contributed by atoms with Gasteiger partial charge in [-0.3, -0.25) is 0 Å². The molecule has 1 nitrogen and oxygen atoms in total. The maximum Gasteiger partial charge on any atom is 0.0449 e. The topological polar surface area (TPSA) is 4.93 Å². The fourth-order valence-electron chi connectivity index (χ4n) is 1.28. The molecular formula is C11H10BrN. The first-order valence-corrected chi connectivity index (χ1v) is 5.30. The molecule has 2 rings (SSSR count). The van der Waals surface area contributed by atoms with Gasteiger partial charge in [0.25, 0.3) is 0 Å². The minimum absolute atomic E-state index is 0.910. The van der Waals surface area contributed by atoms with Crippen LogP contribution < -0.4 is 0 Å². The Labute approximate surface area is 86.1 Å². The minimum atomic E-state index is 0.910. The van der Waals surface area contributed by atoms with Crippen LogP contribution in [0.5, 0.6) is 0 Å². The highest BCUT2D eigenvalue weighted by Crippen LogP contribution is 2.11. The van der Waals surface area contributed by atoms with E-state index in [0.717, 1.165) is 5.33 Å². The van der Waals surface area contributed by atoms with Crippen LogP contribution >= 0.6 is 15.9 Å². The largest absolute Gasteiger partial charge is 0.324 e. The zero-order valence-electron chi connectivity index (χ0n) is 7.15. The van der Waals surface area contributed by atoms with Crippen LogP contribution in [0.2, 0.25) is 0 Å². The van der Waals surface area contributed by atoms with Crippen molar-refractivity contribution in [3.63, 3.8) is 0 Å². The van der Waals surface area contributed by atoms with Gasteiger partial charge in [0.05, 0.1) is 0 Å². The standard InChI is InChI=1S/C11H10BrN/c12-8-10-6-7-13(9-10)11-4-2-1-3-5-11/h1-7,9H,8H2. The molecule has 2 heteroatoms. The van der Waals surface area contributed by atoms with Crippen LogP contribution in [0.4, 0.5) is 0 Å². The number of rotatable bonds is 2. The smallest absolute Gasteiger partial charge is 0.0449 e. The summed E-state index contributed by atoms with van der Waals surface area (Å²) in [6, 6.07) is 12.4. The van der Waals surface area contributed by atoms with Crippen molar-refractivity contribution in [2.75, 3.05) is 0 Å². The van der Waals surface area contributed by atoms with Gasteiger partial charge in [-0.2, -0.15) is 0 Å². The van der Waals surface area contributed by atoms with Gasteiger partial charge in [-0.25, -0.2) is 0 Å². The Bertz CT molecular complexity index is 378. The summed E-state index contributed by atoms with van der Waals surface area (Å²) in [6.45, 7) is 0. The first kappa shape index (κ1) is 8.57. The van der Waals surface area contributed by atoms with E-state index in [2.05, 4.69) is 51.1 Å². The lowest BCUT2D eigenvalue weighted by atomic mass is 10.3. The first-order chi connectivity index (χ1) is 6.40. The van der Waals surface area contributed by atoms with Gasteiger partial charge in [-0.05, 0) is 23.8 Å². The predicted molar refractivity (Wildman–Crippen MR) is 58.4 cm³/mol. The summed E-state index contributed by atoms with van der Waals surface area (Å²) in [7, 11) is 0. The second-order valence-electron chi connectivity index (χ2n) is 2.90. The van der Waals surface area contributed by atoms with E-state index in [9.17, 15) is 0 Å². The number of alkyl halides is 1. The summed E-state index contributed by atoms with van der Waals surface area (Å²) >= 11 is 3.43. The number of para-hydroxylation sites is 1. The summed E-state index contributed by atoms with van der Waals surface area (Å²) in [5, 5.41) is 0.910. The molecule has 0 saturated heterocycles. The molecule has 0 atom stereocenters. The Hall–Kier alpha value is -1.02. The van der Waals surface area contributed by atoms with Gasteiger partial charge >= 0.3 is 0 Å². The van der Waals surface area contributed by atoms with E-state index < -0.39 is 0 Å². The van der Waals surface area contributed by atoms with Crippen molar-refractivity contribution in [1.82, 2.24) is 4.57 Å². The third kappa shape index (κ3) is 1.83. The van der Waals surface area contributed by atoms with Gasteiger partial charge in [0.1, 0.15) is 0 Å². The monoisotopic (exact) mass is 235 g/mol. The van der Waals surface area contributed by atoms with Crippen molar-refractivity contribution < 1.29 is 0 Å². The zero-order valence-corrected chi connectivity index (χ0v) is 8.74. The molecular weight excluding hydrogens is 226 g/mol. The molecule has 0 radical (unpaired) electrons. The second-order valence-corrected chi connectivity index (χ2v) is 3.46. The van der Waals surface area contributed by atoms with E-state index >= 15 is 0 Å². The molecule has 0 saturated carbocycles. The SMILES string of the molecule is BrCc1ccn(-c2ccccc2)c1. The Morgan fingerprint density at radius 3 is 2.46 bits per heavy atom. The first-order valence-electron chi connectivity index (χ1n) is 4.18. The van der Waals surface area contributed by atoms with Crippen molar-refractivity contribution in [2.24, 2.45) is 0 Å². The summed E-state index contributed by atoms with van der Waals surface area (Å²) in [6.07, 6.45) is 4.20. The van der Waals surface area contributed by atoms with Crippen molar-refractivity contribution in [3.05, 3.63) is 54.4 Å². The zero-order chi connectivity index (χ0) is 9.10. The normalized spacial score (nSPS) is 10.2. The number of benzene rings is 1. The van der Waals surface area contributed by atoms with Crippen LogP contribution in [-0.2, 0) is 5.33 Å². The van der Waals surface area contributed by atoms with Crippen LogP contribution in [0, 0.1) is 0 Å². The summed E-state index contributed by atoms with van der Waals surface area (Å²) in [4.78, 5) is 0. The average Bonchev–Trinajstić information content (AvgIpc) is 2.67. The molecule has 0 aliphatic heterocycles. The van der Waals surface area contributed by atoms with Crippen LogP contribution in [0.25, 0.3) is 5.69 Å². The predicted octanol–water partition coefficient (Wildman–Crippen LogP) is 3.37. The fraction of sp³-hybridized carbons (Fsp3) is 0.0909. The summed E-state index contributed by atoms with van der Waals surface area (Å²) < 4.78 is 2.12. The van der Waals surface area contributed by atoms with Gasteiger partial charge in [-0.1, -0.05) is 34.1 Å². The van der Waals surface area contributed by atoms with E-state index in [-0.39, 0.29) is 0 Å². The van der Waals surface area contributed by atoms with E-state index in [0.29, 0.717) is 0 Å². The molecule has 0 amide bonds. The maximum atomic E-state index is 3.43. The Kier molecular flexibility index (Phi) is 2.50. The lowest BCUT2D eigenvalue weighted by molar-refractivity contribution is 1.07. The minimum Gasteiger partial charge on any atom is -0.324 e. The number of nitrogens with zero attached hydrogens (tertiary/aromatic N) is 1. The van der Waals surface area contributed by atoms with Crippen LogP contribution in [0.15, 0.2) is 48.8 Å². The van der Waals surface area contributed by atoms with Crippen LogP contribution in [-0.4, -0.2) is 4.57 Å². The van der Waals surface area contributed by atoms with Gasteiger partial charge in [0.15, 0.2) is 0 Å². The Morgan fingerprint density at radius 1 is 1.08 bits per heavy atom. The van der Waals surface area contributed by atoms with E-state index in [1.165, 1.54) is 11.3 Å². The van der Waals surface area contributed by atoms with E-state index in [1.54, 1.807) is 0 Å². The third-order valence-electron chi connectivity index (χ3n) is 1.96. The van der Waals surface area contributed by atoms with E-state index in [4.69, 9.17) is 0 Å². The molecule has 0 N–H and O–H groups in total. The molecule has 0 aliphatic rings.